The number of carbonyl (C=O) groups excluding carboxylic acids is 1. The summed E-state index contributed by atoms with van der Waals surface area (Å²) >= 11 is 0. The quantitative estimate of drug-likeness (QED) is 0.783. The Morgan fingerprint density at radius 3 is 2.35 bits per heavy atom. The molecule has 3 heteroatoms. The summed E-state index contributed by atoms with van der Waals surface area (Å²) in [6.07, 6.45) is -0.223. The molecule has 1 heterocycles. The average Bonchev–Trinajstić information content (AvgIpc) is 2.49. The van der Waals surface area contributed by atoms with Gasteiger partial charge in [-0.1, -0.05) is 30.3 Å². The van der Waals surface area contributed by atoms with Gasteiger partial charge in [0.05, 0.1) is 6.04 Å². The molecule has 1 amide bonds. The SMILES string of the molecule is CC(C)N1C(=O)OC(C)(C)C1c1ccccc1. The first-order valence-corrected chi connectivity index (χ1v) is 6.00. The summed E-state index contributed by atoms with van der Waals surface area (Å²) in [4.78, 5) is 13.7. The van der Waals surface area contributed by atoms with Crippen LogP contribution in [0.5, 0.6) is 0 Å². The Kier molecular flexibility index (Phi) is 2.86. The fraction of sp³-hybridized carbons (Fsp3) is 0.500. The predicted molar refractivity (Wildman–Crippen MR) is 66.7 cm³/mol. The Balaban J connectivity index is 2.44. The first-order valence-electron chi connectivity index (χ1n) is 6.00. The minimum absolute atomic E-state index is 0.0174. The number of carbonyl (C=O) groups is 1. The van der Waals surface area contributed by atoms with Crippen LogP contribution >= 0.6 is 0 Å². The second-order valence-electron chi connectivity index (χ2n) is 5.29. The standard InChI is InChI=1S/C14H19NO2/c1-10(2)15-12(11-8-6-5-7-9-11)14(3,4)17-13(15)16/h5-10,12H,1-4H3. The molecule has 0 saturated carbocycles. The summed E-state index contributed by atoms with van der Waals surface area (Å²) in [7, 11) is 0. The maximum atomic E-state index is 11.9. The van der Waals surface area contributed by atoms with Crippen molar-refractivity contribution < 1.29 is 9.53 Å². The van der Waals surface area contributed by atoms with E-state index in [0.29, 0.717) is 0 Å². The lowest BCUT2D eigenvalue weighted by atomic mass is 9.91. The summed E-state index contributed by atoms with van der Waals surface area (Å²) < 4.78 is 5.48. The highest BCUT2D eigenvalue weighted by molar-refractivity contribution is 5.72. The second kappa shape index (κ2) is 4.06. The van der Waals surface area contributed by atoms with Crippen molar-refractivity contribution in [1.82, 2.24) is 4.90 Å². The molecular formula is C14H19NO2. The van der Waals surface area contributed by atoms with Crippen LogP contribution in [-0.4, -0.2) is 22.6 Å². The average molecular weight is 233 g/mol. The van der Waals surface area contributed by atoms with Gasteiger partial charge in [0.15, 0.2) is 0 Å². The number of benzene rings is 1. The van der Waals surface area contributed by atoms with E-state index in [0.717, 1.165) is 5.56 Å². The summed E-state index contributed by atoms with van der Waals surface area (Å²) in [5, 5.41) is 0. The predicted octanol–water partition coefficient (Wildman–Crippen LogP) is 3.37. The fourth-order valence-corrected chi connectivity index (χ4v) is 2.48. The Labute approximate surface area is 102 Å². The van der Waals surface area contributed by atoms with Crippen LogP contribution in [0.4, 0.5) is 4.79 Å². The zero-order valence-electron chi connectivity index (χ0n) is 10.8. The molecule has 1 atom stereocenters. The van der Waals surface area contributed by atoms with Crippen LogP contribution in [0, 0.1) is 0 Å². The van der Waals surface area contributed by atoms with Gasteiger partial charge in [-0.05, 0) is 33.3 Å². The van der Waals surface area contributed by atoms with Gasteiger partial charge in [0.1, 0.15) is 5.60 Å². The first kappa shape index (κ1) is 12.0. The Morgan fingerprint density at radius 1 is 1.24 bits per heavy atom. The van der Waals surface area contributed by atoms with Crippen LogP contribution in [0.3, 0.4) is 0 Å². The molecule has 17 heavy (non-hydrogen) atoms. The zero-order valence-corrected chi connectivity index (χ0v) is 10.8. The third kappa shape index (κ3) is 2.02. The van der Waals surface area contributed by atoms with E-state index in [2.05, 4.69) is 0 Å². The van der Waals surface area contributed by atoms with Crippen LogP contribution in [0.1, 0.15) is 39.3 Å². The molecule has 0 aliphatic carbocycles. The van der Waals surface area contributed by atoms with Crippen molar-refractivity contribution in [2.45, 2.75) is 45.4 Å². The van der Waals surface area contributed by atoms with E-state index in [4.69, 9.17) is 4.74 Å². The summed E-state index contributed by atoms with van der Waals surface area (Å²) in [5.74, 6) is 0. The highest BCUT2D eigenvalue weighted by Gasteiger charge is 2.49. The number of rotatable bonds is 2. The van der Waals surface area contributed by atoms with E-state index in [1.165, 1.54) is 0 Å². The molecule has 1 aromatic carbocycles. The van der Waals surface area contributed by atoms with Gasteiger partial charge in [0.2, 0.25) is 0 Å². The minimum Gasteiger partial charge on any atom is -0.441 e. The van der Waals surface area contributed by atoms with E-state index in [-0.39, 0.29) is 18.2 Å². The smallest absolute Gasteiger partial charge is 0.411 e. The van der Waals surface area contributed by atoms with Gasteiger partial charge in [-0.25, -0.2) is 4.79 Å². The molecule has 0 radical (unpaired) electrons. The van der Waals surface area contributed by atoms with E-state index < -0.39 is 5.60 Å². The van der Waals surface area contributed by atoms with Crippen LogP contribution in [-0.2, 0) is 4.74 Å². The molecule has 2 rings (SSSR count). The van der Waals surface area contributed by atoms with Gasteiger partial charge in [0.25, 0.3) is 0 Å². The molecule has 1 aromatic rings. The molecule has 3 nitrogen and oxygen atoms in total. The van der Waals surface area contributed by atoms with Crippen LogP contribution in [0.25, 0.3) is 0 Å². The Bertz CT molecular complexity index is 411. The van der Waals surface area contributed by atoms with Gasteiger partial charge in [-0.3, -0.25) is 4.90 Å². The van der Waals surface area contributed by atoms with Gasteiger partial charge in [0, 0.05) is 6.04 Å². The van der Waals surface area contributed by atoms with Gasteiger partial charge in [-0.15, -0.1) is 0 Å². The van der Waals surface area contributed by atoms with Crippen molar-refractivity contribution in [3.8, 4) is 0 Å². The lowest BCUT2D eigenvalue weighted by molar-refractivity contribution is 0.0671. The summed E-state index contributed by atoms with van der Waals surface area (Å²) in [6.45, 7) is 7.95. The molecule has 1 aliphatic heterocycles. The highest BCUT2D eigenvalue weighted by atomic mass is 16.6. The monoisotopic (exact) mass is 233 g/mol. The lowest BCUT2D eigenvalue weighted by Crippen LogP contribution is -2.37. The number of nitrogens with zero attached hydrogens (tertiary/aromatic N) is 1. The summed E-state index contributed by atoms with van der Waals surface area (Å²) in [5.41, 5.74) is 0.639. The van der Waals surface area contributed by atoms with Crippen molar-refractivity contribution in [3.63, 3.8) is 0 Å². The lowest BCUT2D eigenvalue weighted by Gasteiger charge is -2.31. The van der Waals surface area contributed by atoms with Crippen LogP contribution < -0.4 is 0 Å². The molecule has 0 spiro atoms. The third-order valence-corrected chi connectivity index (χ3v) is 3.17. The molecule has 1 unspecified atom stereocenters. The maximum Gasteiger partial charge on any atom is 0.411 e. The van der Waals surface area contributed by atoms with Gasteiger partial charge < -0.3 is 4.74 Å². The molecule has 1 aliphatic rings. The van der Waals surface area contributed by atoms with Crippen LogP contribution in [0.2, 0.25) is 0 Å². The summed E-state index contributed by atoms with van der Waals surface area (Å²) in [6, 6.07) is 10.2. The van der Waals surface area contributed by atoms with E-state index >= 15 is 0 Å². The molecule has 92 valence electrons. The van der Waals surface area contributed by atoms with Gasteiger partial charge in [-0.2, -0.15) is 0 Å². The van der Waals surface area contributed by atoms with Crippen molar-refractivity contribution in [3.05, 3.63) is 35.9 Å². The molecule has 0 N–H and O–H groups in total. The van der Waals surface area contributed by atoms with Crippen molar-refractivity contribution in [1.29, 1.82) is 0 Å². The minimum atomic E-state index is -0.483. The molecule has 1 fully saturated rings. The van der Waals surface area contributed by atoms with Crippen molar-refractivity contribution >= 4 is 6.09 Å². The normalized spacial score (nSPS) is 23.0. The van der Waals surface area contributed by atoms with E-state index in [1.54, 1.807) is 0 Å². The van der Waals surface area contributed by atoms with Crippen LogP contribution in [0.15, 0.2) is 30.3 Å². The third-order valence-electron chi connectivity index (χ3n) is 3.17. The Morgan fingerprint density at radius 2 is 1.82 bits per heavy atom. The topological polar surface area (TPSA) is 29.5 Å². The highest BCUT2D eigenvalue weighted by Crippen LogP contribution is 2.41. The molecule has 0 aromatic heterocycles. The van der Waals surface area contributed by atoms with Gasteiger partial charge >= 0.3 is 6.09 Å². The molecule has 1 saturated heterocycles. The molecule has 0 bridgehead atoms. The van der Waals surface area contributed by atoms with Crippen molar-refractivity contribution in [2.24, 2.45) is 0 Å². The van der Waals surface area contributed by atoms with E-state index in [1.807, 2.05) is 62.9 Å². The number of hydrogen-bond acceptors (Lipinski definition) is 2. The number of amides is 1. The number of cyclic esters (lactones) is 1. The molecular weight excluding hydrogens is 214 g/mol. The van der Waals surface area contributed by atoms with Crippen molar-refractivity contribution in [2.75, 3.05) is 0 Å². The Hall–Kier alpha value is -1.51. The maximum absolute atomic E-state index is 11.9. The number of ether oxygens (including phenoxy) is 1. The largest absolute Gasteiger partial charge is 0.441 e. The van der Waals surface area contributed by atoms with E-state index in [9.17, 15) is 4.79 Å². The fourth-order valence-electron chi connectivity index (χ4n) is 2.48. The first-order chi connectivity index (χ1) is 7.93. The zero-order chi connectivity index (χ0) is 12.6. The second-order valence-corrected chi connectivity index (χ2v) is 5.29. The number of hydrogen-bond donors (Lipinski definition) is 0.